The summed E-state index contributed by atoms with van der Waals surface area (Å²) >= 11 is 0. The van der Waals surface area contributed by atoms with E-state index >= 15 is 0 Å². The largest absolute Gasteiger partial charge is 0.418 e. The van der Waals surface area contributed by atoms with Crippen LogP contribution in [-0.2, 0) is 4.84 Å². The predicted octanol–water partition coefficient (Wildman–Crippen LogP) is 2.80. The minimum absolute atomic E-state index is 0.104. The molecular formula is C17H21N5O3. The number of urea groups is 1. The molecule has 2 bridgehead atoms. The maximum absolute atomic E-state index is 12.7. The van der Waals surface area contributed by atoms with Crippen LogP contribution in [0.2, 0.25) is 0 Å². The molecule has 0 aliphatic carbocycles. The molecule has 2 saturated heterocycles. The summed E-state index contributed by atoms with van der Waals surface area (Å²) in [7, 11) is 0. The molecule has 0 radical (unpaired) electrons. The van der Waals surface area contributed by atoms with E-state index in [4.69, 9.17) is 9.25 Å². The van der Waals surface area contributed by atoms with E-state index in [0.29, 0.717) is 24.9 Å². The van der Waals surface area contributed by atoms with Gasteiger partial charge in [0.25, 0.3) is 0 Å². The van der Waals surface area contributed by atoms with Gasteiger partial charge in [0.1, 0.15) is 6.04 Å². The van der Waals surface area contributed by atoms with E-state index in [1.165, 1.54) is 5.06 Å². The zero-order valence-electron chi connectivity index (χ0n) is 14.2. The molecule has 8 heteroatoms. The van der Waals surface area contributed by atoms with Gasteiger partial charge in [0.2, 0.25) is 11.8 Å². The van der Waals surface area contributed by atoms with Gasteiger partial charge in [-0.2, -0.15) is 5.06 Å². The lowest BCUT2D eigenvalue weighted by Gasteiger charge is -2.27. The Hall–Kier alpha value is -2.48. The number of piperidine rings is 1. The predicted molar refractivity (Wildman–Crippen MR) is 88.1 cm³/mol. The molecule has 4 rings (SSSR count). The zero-order chi connectivity index (χ0) is 17.2. The first kappa shape index (κ1) is 16.0. The van der Waals surface area contributed by atoms with Crippen LogP contribution in [0.25, 0.3) is 11.5 Å². The number of aromatic nitrogens is 3. The SMILES string of the molecule is CCCCON1C(=O)N2CC1CC[C@H]2c1nnc(-c2ccncc2)o1. The van der Waals surface area contributed by atoms with Gasteiger partial charge in [-0.1, -0.05) is 13.3 Å². The highest BCUT2D eigenvalue weighted by atomic mass is 16.7. The summed E-state index contributed by atoms with van der Waals surface area (Å²) in [6.07, 6.45) is 7.01. The second kappa shape index (κ2) is 6.79. The van der Waals surface area contributed by atoms with E-state index < -0.39 is 0 Å². The summed E-state index contributed by atoms with van der Waals surface area (Å²) in [5, 5.41) is 9.84. The van der Waals surface area contributed by atoms with Crippen LogP contribution >= 0.6 is 0 Å². The molecule has 0 N–H and O–H groups in total. The fraction of sp³-hybridized carbons (Fsp3) is 0.529. The number of fused-ring (bicyclic) bond motifs is 2. The highest BCUT2D eigenvalue weighted by Crippen LogP contribution is 2.38. The summed E-state index contributed by atoms with van der Waals surface area (Å²) in [5.74, 6) is 0.927. The Balaban J connectivity index is 1.50. The van der Waals surface area contributed by atoms with Crippen molar-refractivity contribution in [3.63, 3.8) is 0 Å². The fourth-order valence-electron chi connectivity index (χ4n) is 3.34. The smallest absolute Gasteiger partial charge is 0.345 e. The first-order valence-electron chi connectivity index (χ1n) is 8.74. The van der Waals surface area contributed by atoms with Crippen molar-refractivity contribution < 1.29 is 14.0 Å². The van der Waals surface area contributed by atoms with Gasteiger partial charge in [0.15, 0.2) is 0 Å². The van der Waals surface area contributed by atoms with E-state index in [0.717, 1.165) is 31.2 Å². The Morgan fingerprint density at radius 2 is 2.12 bits per heavy atom. The third-order valence-electron chi connectivity index (χ3n) is 4.70. The summed E-state index contributed by atoms with van der Waals surface area (Å²) in [4.78, 5) is 24.1. The topological polar surface area (TPSA) is 84.6 Å². The van der Waals surface area contributed by atoms with Crippen molar-refractivity contribution in [1.82, 2.24) is 25.1 Å². The number of amides is 2. The molecular weight excluding hydrogens is 322 g/mol. The molecule has 2 aromatic rings. The van der Waals surface area contributed by atoms with Crippen molar-refractivity contribution in [2.24, 2.45) is 0 Å². The lowest BCUT2D eigenvalue weighted by molar-refractivity contribution is -0.130. The van der Waals surface area contributed by atoms with E-state index in [-0.39, 0.29) is 18.1 Å². The number of carbonyl (C=O) groups excluding carboxylic acids is 1. The van der Waals surface area contributed by atoms with Crippen molar-refractivity contribution >= 4 is 6.03 Å². The number of hydrogen-bond acceptors (Lipinski definition) is 6. The average Bonchev–Trinajstić information content (AvgIpc) is 3.23. The quantitative estimate of drug-likeness (QED) is 0.750. The molecule has 2 atom stereocenters. The van der Waals surface area contributed by atoms with Gasteiger partial charge in [-0.25, -0.2) is 4.79 Å². The minimum atomic E-state index is -0.188. The molecule has 1 unspecified atom stereocenters. The zero-order valence-corrected chi connectivity index (χ0v) is 14.2. The molecule has 2 aromatic heterocycles. The maximum atomic E-state index is 12.7. The normalized spacial score (nSPS) is 22.7. The third-order valence-corrected chi connectivity index (χ3v) is 4.70. The molecule has 2 fully saturated rings. The van der Waals surface area contributed by atoms with Gasteiger partial charge in [-0.3, -0.25) is 9.82 Å². The molecule has 4 heterocycles. The highest BCUT2D eigenvalue weighted by molar-refractivity contribution is 5.77. The third kappa shape index (κ3) is 2.97. The Bertz CT molecular complexity index is 735. The molecule has 2 amide bonds. The number of carbonyl (C=O) groups is 1. The molecule has 0 saturated carbocycles. The molecule has 2 aliphatic heterocycles. The van der Waals surface area contributed by atoms with Crippen LogP contribution in [0.15, 0.2) is 28.9 Å². The number of hydrogen-bond donors (Lipinski definition) is 0. The monoisotopic (exact) mass is 343 g/mol. The summed E-state index contributed by atoms with van der Waals surface area (Å²) in [6.45, 7) is 3.32. The minimum Gasteiger partial charge on any atom is -0.418 e. The molecule has 0 aromatic carbocycles. The van der Waals surface area contributed by atoms with Gasteiger partial charge in [0.05, 0.1) is 12.6 Å². The standard InChI is InChI=1S/C17H21N5O3/c1-2-3-10-24-22-13-4-5-14(21(11-13)17(22)23)16-20-19-15(25-16)12-6-8-18-9-7-12/h6-9,13-14H,2-5,10-11H2,1H3/t13?,14-/m0/s1. The van der Waals surface area contributed by atoms with Crippen LogP contribution in [-0.4, -0.2) is 50.4 Å². The van der Waals surface area contributed by atoms with Crippen LogP contribution < -0.4 is 0 Å². The Kier molecular flexibility index (Phi) is 4.35. The van der Waals surface area contributed by atoms with E-state index in [1.807, 2.05) is 12.1 Å². The summed E-state index contributed by atoms with van der Waals surface area (Å²) < 4.78 is 5.84. The van der Waals surface area contributed by atoms with Crippen molar-refractivity contribution in [1.29, 1.82) is 0 Å². The van der Waals surface area contributed by atoms with Crippen molar-refractivity contribution in [3.05, 3.63) is 30.4 Å². The number of pyridine rings is 1. The van der Waals surface area contributed by atoms with Gasteiger partial charge in [0, 0.05) is 24.5 Å². The Morgan fingerprint density at radius 3 is 2.92 bits per heavy atom. The number of nitrogens with zero attached hydrogens (tertiary/aromatic N) is 5. The average molecular weight is 343 g/mol. The van der Waals surface area contributed by atoms with Crippen LogP contribution in [0.3, 0.4) is 0 Å². The van der Waals surface area contributed by atoms with Crippen LogP contribution in [0.4, 0.5) is 4.79 Å². The second-order valence-corrected chi connectivity index (χ2v) is 6.38. The number of hydroxylamine groups is 2. The fourth-order valence-corrected chi connectivity index (χ4v) is 3.34. The summed E-state index contributed by atoms with van der Waals surface area (Å²) in [6, 6.07) is 3.46. The molecule has 132 valence electrons. The van der Waals surface area contributed by atoms with Crippen molar-refractivity contribution in [2.75, 3.05) is 13.2 Å². The Labute approximate surface area is 145 Å². The van der Waals surface area contributed by atoms with Crippen LogP contribution in [0, 0.1) is 0 Å². The lowest BCUT2D eigenvalue weighted by atomic mass is 10.0. The molecule has 0 spiro atoms. The highest BCUT2D eigenvalue weighted by Gasteiger charge is 2.47. The van der Waals surface area contributed by atoms with Crippen molar-refractivity contribution in [3.8, 4) is 11.5 Å². The summed E-state index contributed by atoms with van der Waals surface area (Å²) in [5.41, 5.74) is 0.819. The Morgan fingerprint density at radius 1 is 1.28 bits per heavy atom. The molecule has 2 aliphatic rings. The van der Waals surface area contributed by atoms with Crippen LogP contribution in [0.1, 0.15) is 44.5 Å². The second-order valence-electron chi connectivity index (χ2n) is 6.38. The first-order valence-corrected chi connectivity index (χ1v) is 8.74. The van der Waals surface area contributed by atoms with E-state index in [1.54, 1.807) is 17.3 Å². The van der Waals surface area contributed by atoms with Gasteiger partial charge in [-0.15, -0.1) is 10.2 Å². The van der Waals surface area contributed by atoms with Crippen molar-refractivity contribution in [2.45, 2.75) is 44.7 Å². The number of rotatable bonds is 6. The van der Waals surface area contributed by atoms with E-state index in [9.17, 15) is 4.79 Å². The van der Waals surface area contributed by atoms with Crippen LogP contribution in [0.5, 0.6) is 0 Å². The number of unbranched alkanes of at least 4 members (excludes halogenated alkanes) is 1. The lowest BCUT2D eigenvalue weighted by Crippen LogP contribution is -2.34. The molecule has 8 nitrogen and oxygen atoms in total. The van der Waals surface area contributed by atoms with Gasteiger partial charge in [-0.05, 0) is 31.4 Å². The first-order chi connectivity index (χ1) is 12.3. The maximum Gasteiger partial charge on any atom is 0.345 e. The van der Waals surface area contributed by atoms with Gasteiger partial charge >= 0.3 is 6.03 Å². The molecule has 25 heavy (non-hydrogen) atoms. The van der Waals surface area contributed by atoms with Gasteiger partial charge < -0.3 is 9.32 Å². The van der Waals surface area contributed by atoms with E-state index in [2.05, 4.69) is 22.1 Å².